The van der Waals surface area contributed by atoms with Crippen LogP contribution in [0.4, 0.5) is 35.1 Å². The quantitative estimate of drug-likeness (QED) is 0.114. The second-order valence-corrected chi connectivity index (χ2v) is 23.7. The van der Waals surface area contributed by atoms with E-state index in [1.165, 1.54) is 75.8 Å². The van der Waals surface area contributed by atoms with Gasteiger partial charge in [-0.05, 0) is 172 Å². The molecule has 0 atom stereocenters. The second-order valence-electron chi connectivity index (χ2n) is 23.7. The van der Waals surface area contributed by atoms with Crippen LogP contribution in [0.3, 0.4) is 0 Å². The zero-order valence-electron chi connectivity index (χ0n) is 56.4. The number of rotatable bonds is 12. The Morgan fingerprint density at radius 3 is 1.20 bits per heavy atom. The lowest BCUT2D eigenvalue weighted by Crippen LogP contribution is -2.09. The number of hydrogen-bond acceptors (Lipinski definition) is 3. The first-order valence-corrected chi connectivity index (χ1v) is 30.6. The van der Waals surface area contributed by atoms with E-state index in [1.54, 1.807) is 34.1 Å². The van der Waals surface area contributed by atoms with Gasteiger partial charge in [0.25, 0.3) is 0 Å². The van der Waals surface area contributed by atoms with Crippen molar-refractivity contribution in [1.29, 1.82) is 0 Å². The summed E-state index contributed by atoms with van der Waals surface area (Å²) in [6.07, 6.45) is -4.24. The van der Waals surface area contributed by atoms with Gasteiger partial charge in [-0.3, -0.25) is 0 Å². The summed E-state index contributed by atoms with van der Waals surface area (Å²) < 4.78 is 116. The van der Waals surface area contributed by atoms with Crippen molar-refractivity contribution in [3.63, 3.8) is 0 Å². The van der Waals surface area contributed by atoms with Crippen molar-refractivity contribution < 1.29 is 49.3 Å². The molecule has 0 radical (unpaired) electrons. The highest BCUT2D eigenvalue weighted by Gasteiger charge is 2.33. The molecule has 0 spiro atoms. The highest BCUT2D eigenvalue weighted by atomic mass is 19.4. The molecule has 8 rings (SSSR count). The Morgan fingerprint density at radius 2 is 0.775 bits per heavy atom. The first-order chi connectivity index (χ1) is 41.8. The zero-order chi connectivity index (χ0) is 67.6. The predicted molar refractivity (Wildman–Crippen MR) is 358 cm³/mol. The Balaban J connectivity index is 0.000000510. The van der Waals surface area contributed by atoms with E-state index in [4.69, 9.17) is 14.2 Å². The summed E-state index contributed by atoms with van der Waals surface area (Å²) in [5, 5.41) is 0. The molecule has 0 amide bonds. The molecule has 0 N–H and O–H groups in total. The van der Waals surface area contributed by atoms with E-state index in [2.05, 4.69) is 143 Å². The number of alkyl halides is 3. The molecule has 3 nitrogen and oxygen atoms in total. The first-order valence-electron chi connectivity index (χ1n) is 30.6. The van der Waals surface area contributed by atoms with Crippen LogP contribution in [0, 0.1) is 36.0 Å². The van der Waals surface area contributed by atoms with Crippen molar-refractivity contribution in [3.8, 4) is 17.2 Å². The van der Waals surface area contributed by atoms with Crippen LogP contribution in [0.15, 0.2) is 182 Å². The SMILES string of the molecule is CC(C)c1cc(F)ccc1F.CC(C)c1ccc(F)cc1.CC(C)c1ccc(F)cc1F.CC(C)c1ccccc1.CC(C)c1ccccc1C(F)(F)F.CCOc1ccc(C(C)C)cc1OC.COc1cccc(C(C)C)c1.Cc1cccc(C(C)C)c1. The van der Waals surface area contributed by atoms with Crippen LogP contribution in [-0.2, 0) is 6.18 Å². The van der Waals surface area contributed by atoms with Crippen LogP contribution >= 0.6 is 0 Å². The van der Waals surface area contributed by atoms with E-state index in [9.17, 15) is 35.1 Å². The molecule has 8 aromatic carbocycles. The minimum atomic E-state index is -4.24. The molecule has 0 unspecified atom stereocenters. The van der Waals surface area contributed by atoms with Gasteiger partial charge in [0.2, 0.25) is 0 Å². The van der Waals surface area contributed by atoms with Crippen LogP contribution < -0.4 is 14.2 Å². The highest BCUT2D eigenvalue weighted by Crippen LogP contribution is 2.35. The molecule has 8 aromatic rings. The summed E-state index contributed by atoms with van der Waals surface area (Å²) in [6, 6.07) is 53.0. The maximum Gasteiger partial charge on any atom is 0.416 e. The first kappa shape index (κ1) is 79.6. The molecule has 0 heterocycles. The fourth-order valence-electron chi connectivity index (χ4n) is 8.22. The molecule has 0 fully saturated rings. The average Bonchev–Trinajstić information content (AvgIpc) is 1.87. The third-order valence-corrected chi connectivity index (χ3v) is 13.7. The van der Waals surface area contributed by atoms with E-state index in [-0.39, 0.29) is 35.2 Å². The van der Waals surface area contributed by atoms with Crippen LogP contribution in [0.2, 0.25) is 0 Å². The molecule has 89 heavy (non-hydrogen) atoms. The molecule has 0 aliphatic rings. The molecule has 0 saturated carbocycles. The number of hydrogen-bond donors (Lipinski definition) is 0. The summed E-state index contributed by atoms with van der Waals surface area (Å²) >= 11 is 0. The van der Waals surface area contributed by atoms with Crippen molar-refractivity contribution in [1.82, 2.24) is 0 Å². The third-order valence-electron chi connectivity index (χ3n) is 13.7. The third kappa shape index (κ3) is 31.6. The average molecular weight is 1240 g/mol. The molecule has 11 heteroatoms. The Labute approximate surface area is 529 Å². The number of halogens is 8. The smallest absolute Gasteiger partial charge is 0.416 e. The van der Waals surface area contributed by atoms with Gasteiger partial charge in [-0.2, -0.15) is 13.2 Å². The Kier molecular flexibility index (Phi) is 37.3. The van der Waals surface area contributed by atoms with Gasteiger partial charge in [-0.1, -0.05) is 226 Å². The predicted octanol–water partition coefficient (Wildman–Crippen LogP) is 24.9. The van der Waals surface area contributed by atoms with Crippen LogP contribution in [0.1, 0.15) is 221 Å². The number of aryl methyl sites for hydroxylation is 1. The maximum absolute atomic E-state index is 12.9. The lowest BCUT2D eigenvalue weighted by Gasteiger charge is -2.14. The van der Waals surface area contributed by atoms with Crippen molar-refractivity contribution >= 4 is 0 Å². The van der Waals surface area contributed by atoms with Crippen molar-refractivity contribution in [2.24, 2.45) is 0 Å². The standard InChI is InChI=1S/C12H18O2.C10H11F3.C10H14O.C10H14.2C9H10F2.C9H11F.C9H12/c1-5-14-11-7-6-10(9(2)3)8-12(11)13-4;1-7(2)8-5-3-4-6-9(8)10(11,12)13;1-8(2)9-5-4-6-10(7-9)11-3;1-8(2)10-6-4-5-9(3)7-10;1-6(2)8-5-7(10)3-4-9(8)11;1-6(2)8-4-3-7(10)5-9(8)11;1-7(2)8-3-5-9(10)6-4-8;1-8(2)9-6-4-3-5-7-9/h6-9H,5H2,1-4H3;3-7H,1-2H3;4-8H,1-3H3;4-8H,1-3H3;2*3-6H,1-2H3;3-7H,1-2H3;3-8H,1-2H3. The van der Waals surface area contributed by atoms with Gasteiger partial charge in [0.1, 0.15) is 34.8 Å². The molecular weight excluding hydrogens is 1140 g/mol. The fraction of sp³-hybridized carbons (Fsp3) is 0.385. The Bertz CT molecular complexity index is 3180. The van der Waals surface area contributed by atoms with Gasteiger partial charge >= 0.3 is 6.18 Å². The topological polar surface area (TPSA) is 27.7 Å². The van der Waals surface area contributed by atoms with E-state index in [1.807, 2.05) is 77.1 Å². The molecule has 0 aliphatic carbocycles. The van der Waals surface area contributed by atoms with Gasteiger partial charge < -0.3 is 14.2 Å². The molecular formula is C78H100F8O3. The van der Waals surface area contributed by atoms with E-state index < -0.39 is 23.4 Å². The largest absolute Gasteiger partial charge is 0.497 e. The van der Waals surface area contributed by atoms with E-state index >= 15 is 0 Å². The van der Waals surface area contributed by atoms with E-state index in [0.29, 0.717) is 52.9 Å². The van der Waals surface area contributed by atoms with Crippen molar-refractivity contribution in [2.75, 3.05) is 20.8 Å². The Morgan fingerprint density at radius 1 is 0.337 bits per heavy atom. The van der Waals surface area contributed by atoms with Crippen LogP contribution in [-0.4, -0.2) is 20.8 Å². The van der Waals surface area contributed by atoms with Crippen LogP contribution in [0.25, 0.3) is 0 Å². The number of ether oxygens (including phenoxy) is 3. The second kappa shape index (κ2) is 41.7. The van der Waals surface area contributed by atoms with Gasteiger partial charge in [-0.25, -0.2) is 22.0 Å². The van der Waals surface area contributed by atoms with Gasteiger partial charge in [0.05, 0.1) is 26.4 Å². The minimum absolute atomic E-state index is 0.0331. The summed E-state index contributed by atoms with van der Waals surface area (Å²) in [5.74, 6) is 3.65. The van der Waals surface area contributed by atoms with Crippen molar-refractivity contribution in [3.05, 3.63) is 267 Å². The monoisotopic (exact) mass is 1240 g/mol. The molecule has 0 aromatic heterocycles. The summed E-state index contributed by atoms with van der Waals surface area (Å²) in [5.41, 5.74) is 8.80. The summed E-state index contributed by atoms with van der Waals surface area (Å²) in [4.78, 5) is 0. The van der Waals surface area contributed by atoms with Gasteiger partial charge in [0.15, 0.2) is 11.5 Å². The molecule has 0 bridgehead atoms. The van der Waals surface area contributed by atoms with E-state index in [0.717, 1.165) is 41.5 Å². The van der Waals surface area contributed by atoms with Crippen LogP contribution in [0.5, 0.6) is 17.2 Å². The normalized spacial score (nSPS) is 10.7. The number of benzene rings is 8. The lowest BCUT2D eigenvalue weighted by atomic mass is 9.97. The summed E-state index contributed by atoms with van der Waals surface area (Å²) in [7, 11) is 3.36. The van der Waals surface area contributed by atoms with Gasteiger partial charge in [0, 0.05) is 6.07 Å². The maximum atomic E-state index is 12.9. The zero-order valence-corrected chi connectivity index (χ0v) is 56.4. The highest BCUT2D eigenvalue weighted by molar-refractivity contribution is 5.44. The minimum Gasteiger partial charge on any atom is -0.497 e. The fourth-order valence-corrected chi connectivity index (χ4v) is 8.22. The molecule has 0 saturated heterocycles. The molecule has 486 valence electrons. The summed E-state index contributed by atoms with van der Waals surface area (Å²) in [6.45, 7) is 37.4. The Hall–Kier alpha value is -7.40. The lowest BCUT2D eigenvalue weighted by molar-refractivity contribution is -0.138. The van der Waals surface area contributed by atoms with Crippen molar-refractivity contribution in [2.45, 2.75) is 178 Å². The number of methoxy groups -OCH3 is 2. The van der Waals surface area contributed by atoms with Gasteiger partial charge in [-0.15, -0.1) is 0 Å². The molecule has 0 aliphatic heterocycles.